The molecule has 82 valence electrons. The summed E-state index contributed by atoms with van der Waals surface area (Å²) in [6, 6.07) is 3.47. The summed E-state index contributed by atoms with van der Waals surface area (Å²) in [7, 11) is 0. The highest BCUT2D eigenvalue weighted by molar-refractivity contribution is 6.18. The number of aromatic nitrogens is 1. The van der Waals surface area contributed by atoms with E-state index >= 15 is 0 Å². The number of aryl methyl sites for hydroxylation is 2. The molecule has 4 nitrogen and oxygen atoms in total. The Morgan fingerprint density at radius 3 is 2.80 bits per heavy atom. The molecule has 0 spiro atoms. The Morgan fingerprint density at radius 2 is 2.20 bits per heavy atom. The number of carbonyl (C=O) groups is 1. The summed E-state index contributed by atoms with van der Waals surface area (Å²) in [5, 5.41) is 5.24. The fraction of sp³-hybridized carbons (Fsp3) is 0.400. The number of pyridine rings is 1. The number of anilines is 1. The predicted molar refractivity (Wildman–Crippen MR) is 61.5 cm³/mol. The van der Waals surface area contributed by atoms with Crippen LogP contribution in [0.15, 0.2) is 12.1 Å². The van der Waals surface area contributed by atoms with Crippen LogP contribution in [0.4, 0.5) is 10.6 Å². The van der Waals surface area contributed by atoms with Crippen molar-refractivity contribution in [3.8, 4) is 0 Å². The molecule has 0 fully saturated rings. The molecule has 2 N–H and O–H groups in total. The molecule has 0 saturated carbocycles. The third kappa shape index (κ3) is 4.16. The Morgan fingerprint density at radius 1 is 1.47 bits per heavy atom. The van der Waals surface area contributed by atoms with Gasteiger partial charge in [-0.2, -0.15) is 0 Å². The molecule has 0 aliphatic carbocycles. The zero-order chi connectivity index (χ0) is 11.3. The lowest BCUT2D eigenvalue weighted by molar-refractivity contribution is 0.252. The first-order valence-electron chi connectivity index (χ1n) is 4.68. The van der Waals surface area contributed by atoms with Crippen LogP contribution in [-0.2, 0) is 0 Å². The van der Waals surface area contributed by atoms with Gasteiger partial charge in [-0.3, -0.25) is 5.32 Å². The summed E-state index contributed by atoms with van der Waals surface area (Å²) >= 11 is 5.44. The van der Waals surface area contributed by atoms with E-state index in [2.05, 4.69) is 15.6 Å². The molecule has 0 aromatic carbocycles. The maximum Gasteiger partial charge on any atom is 0.320 e. The van der Waals surface area contributed by atoms with Crippen molar-refractivity contribution < 1.29 is 4.79 Å². The summed E-state index contributed by atoms with van der Waals surface area (Å²) in [5.74, 6) is 0.952. The van der Waals surface area contributed by atoms with Crippen molar-refractivity contribution in [2.45, 2.75) is 13.8 Å². The number of halogens is 1. The van der Waals surface area contributed by atoms with Gasteiger partial charge in [-0.15, -0.1) is 11.6 Å². The highest BCUT2D eigenvalue weighted by Gasteiger charge is 2.02. The van der Waals surface area contributed by atoms with E-state index in [4.69, 9.17) is 11.6 Å². The van der Waals surface area contributed by atoms with Crippen LogP contribution in [-0.4, -0.2) is 23.4 Å². The quantitative estimate of drug-likeness (QED) is 0.777. The van der Waals surface area contributed by atoms with Crippen LogP contribution in [0, 0.1) is 13.8 Å². The van der Waals surface area contributed by atoms with Gasteiger partial charge in [0.1, 0.15) is 5.82 Å². The molecule has 1 rings (SSSR count). The highest BCUT2D eigenvalue weighted by Crippen LogP contribution is 2.08. The van der Waals surface area contributed by atoms with E-state index in [-0.39, 0.29) is 6.03 Å². The van der Waals surface area contributed by atoms with Crippen LogP contribution in [0.3, 0.4) is 0 Å². The van der Waals surface area contributed by atoms with Gasteiger partial charge in [0.05, 0.1) is 0 Å². The largest absolute Gasteiger partial charge is 0.337 e. The first-order chi connectivity index (χ1) is 7.11. The van der Waals surface area contributed by atoms with E-state index in [0.717, 1.165) is 11.3 Å². The minimum atomic E-state index is -0.284. The Labute approximate surface area is 94.0 Å². The molecule has 0 saturated heterocycles. The number of carbonyl (C=O) groups excluding carboxylic acids is 1. The number of rotatable bonds is 3. The van der Waals surface area contributed by atoms with Crippen molar-refractivity contribution in [2.75, 3.05) is 17.7 Å². The average molecular weight is 228 g/mol. The van der Waals surface area contributed by atoms with Crippen LogP contribution in [0.25, 0.3) is 0 Å². The number of amides is 2. The van der Waals surface area contributed by atoms with Crippen molar-refractivity contribution in [1.29, 1.82) is 0 Å². The van der Waals surface area contributed by atoms with Crippen molar-refractivity contribution in [3.05, 3.63) is 23.4 Å². The molecule has 0 radical (unpaired) electrons. The summed E-state index contributed by atoms with van der Waals surface area (Å²) in [4.78, 5) is 15.5. The molecule has 2 amide bonds. The molecular weight excluding hydrogens is 214 g/mol. The molecule has 0 atom stereocenters. The van der Waals surface area contributed by atoms with Gasteiger partial charge in [0.2, 0.25) is 0 Å². The second-order valence-corrected chi connectivity index (χ2v) is 3.62. The number of hydrogen-bond acceptors (Lipinski definition) is 2. The second-order valence-electron chi connectivity index (χ2n) is 3.24. The fourth-order valence-electron chi connectivity index (χ4n) is 1.23. The van der Waals surface area contributed by atoms with E-state index < -0.39 is 0 Å². The Balaban J connectivity index is 2.60. The van der Waals surface area contributed by atoms with Gasteiger partial charge in [-0.25, -0.2) is 9.78 Å². The fourth-order valence-corrected chi connectivity index (χ4v) is 1.32. The topological polar surface area (TPSA) is 54.0 Å². The third-order valence-electron chi connectivity index (χ3n) is 1.72. The van der Waals surface area contributed by atoms with E-state index in [1.165, 1.54) is 0 Å². The van der Waals surface area contributed by atoms with Gasteiger partial charge in [0.25, 0.3) is 0 Å². The normalized spacial score (nSPS) is 9.80. The smallest absolute Gasteiger partial charge is 0.320 e. The van der Waals surface area contributed by atoms with Crippen molar-refractivity contribution in [2.24, 2.45) is 0 Å². The van der Waals surface area contributed by atoms with E-state index in [0.29, 0.717) is 18.2 Å². The lowest BCUT2D eigenvalue weighted by Gasteiger charge is -2.07. The monoisotopic (exact) mass is 227 g/mol. The van der Waals surface area contributed by atoms with Crippen LogP contribution in [0.2, 0.25) is 0 Å². The van der Waals surface area contributed by atoms with E-state index in [9.17, 15) is 4.79 Å². The molecule has 5 heteroatoms. The van der Waals surface area contributed by atoms with Crippen molar-refractivity contribution >= 4 is 23.4 Å². The Kier molecular flexibility index (Phi) is 4.37. The number of nitrogens with one attached hydrogen (secondary N) is 2. The van der Waals surface area contributed by atoms with Gasteiger partial charge in [-0.05, 0) is 31.5 Å². The highest BCUT2D eigenvalue weighted by atomic mass is 35.5. The maximum absolute atomic E-state index is 11.3. The van der Waals surface area contributed by atoms with Gasteiger partial charge in [0.15, 0.2) is 0 Å². The molecule has 1 heterocycles. The molecule has 0 aliphatic heterocycles. The van der Waals surface area contributed by atoms with E-state index in [1.54, 1.807) is 0 Å². The lowest BCUT2D eigenvalue weighted by Crippen LogP contribution is -2.30. The summed E-state index contributed by atoms with van der Waals surface area (Å²) in [5.41, 5.74) is 1.94. The van der Waals surface area contributed by atoms with Crippen LogP contribution < -0.4 is 10.6 Å². The minimum Gasteiger partial charge on any atom is -0.337 e. The molecule has 0 aliphatic rings. The van der Waals surface area contributed by atoms with Gasteiger partial charge < -0.3 is 5.32 Å². The maximum atomic E-state index is 11.3. The summed E-state index contributed by atoms with van der Waals surface area (Å²) < 4.78 is 0. The Hall–Kier alpha value is -1.29. The molecule has 15 heavy (non-hydrogen) atoms. The van der Waals surface area contributed by atoms with Crippen LogP contribution in [0.1, 0.15) is 11.3 Å². The first-order valence-corrected chi connectivity index (χ1v) is 5.21. The Bertz CT molecular complexity index is 334. The zero-order valence-corrected chi connectivity index (χ0v) is 9.56. The van der Waals surface area contributed by atoms with E-state index in [1.807, 2.05) is 26.0 Å². The standard InChI is InChI=1S/C10H14ClN3O/c1-7-5-8(2)13-9(6-7)14-10(15)12-4-3-11/h5-6H,3-4H2,1-2H3,(H2,12,13,14,15). The molecule has 0 unspecified atom stereocenters. The van der Waals surface area contributed by atoms with Gasteiger partial charge >= 0.3 is 6.03 Å². The predicted octanol–water partition coefficient (Wildman–Crippen LogP) is 2.06. The molecule has 0 bridgehead atoms. The van der Waals surface area contributed by atoms with Crippen LogP contribution >= 0.6 is 11.6 Å². The third-order valence-corrected chi connectivity index (χ3v) is 1.91. The molecule has 1 aromatic heterocycles. The van der Waals surface area contributed by atoms with Gasteiger partial charge in [0, 0.05) is 18.1 Å². The second kappa shape index (κ2) is 5.56. The number of alkyl halides is 1. The van der Waals surface area contributed by atoms with Gasteiger partial charge in [-0.1, -0.05) is 0 Å². The number of nitrogens with zero attached hydrogens (tertiary/aromatic N) is 1. The number of hydrogen-bond donors (Lipinski definition) is 2. The lowest BCUT2D eigenvalue weighted by atomic mass is 10.2. The zero-order valence-electron chi connectivity index (χ0n) is 8.80. The summed E-state index contributed by atoms with van der Waals surface area (Å²) in [6.45, 7) is 4.28. The average Bonchev–Trinajstić information content (AvgIpc) is 2.13. The minimum absolute atomic E-state index is 0.284. The van der Waals surface area contributed by atoms with Crippen molar-refractivity contribution in [3.63, 3.8) is 0 Å². The molecule has 1 aromatic rings. The molecular formula is C10H14ClN3O. The number of urea groups is 1. The SMILES string of the molecule is Cc1cc(C)nc(NC(=O)NCCCl)c1. The summed E-state index contributed by atoms with van der Waals surface area (Å²) in [6.07, 6.45) is 0. The van der Waals surface area contributed by atoms with Crippen LogP contribution in [0.5, 0.6) is 0 Å². The van der Waals surface area contributed by atoms with Crippen molar-refractivity contribution in [1.82, 2.24) is 10.3 Å². The first kappa shape index (κ1) is 11.8.